The summed E-state index contributed by atoms with van der Waals surface area (Å²) in [4.78, 5) is 0. The van der Waals surface area contributed by atoms with Gasteiger partial charge in [-0.1, -0.05) is 0 Å². The van der Waals surface area contributed by atoms with Gasteiger partial charge < -0.3 is 10.5 Å². The highest BCUT2D eigenvalue weighted by Crippen LogP contribution is 2.34. The van der Waals surface area contributed by atoms with E-state index in [2.05, 4.69) is 0 Å². The predicted molar refractivity (Wildman–Crippen MR) is 57.3 cm³/mol. The monoisotopic (exact) mass is 263 g/mol. The largest absolute Gasteiger partial charge is 0.416 e. The molecule has 0 spiro atoms. The average Bonchev–Trinajstić information content (AvgIpc) is 2.27. The van der Waals surface area contributed by atoms with Crippen molar-refractivity contribution in [3.8, 4) is 0 Å². The van der Waals surface area contributed by atoms with E-state index in [9.17, 15) is 17.6 Å². The Kier molecular flexibility index (Phi) is 3.59. The molecule has 0 bridgehead atoms. The van der Waals surface area contributed by atoms with Crippen LogP contribution in [0, 0.1) is 5.82 Å². The fraction of sp³-hybridized carbons (Fsp3) is 0.500. The van der Waals surface area contributed by atoms with E-state index >= 15 is 0 Å². The lowest BCUT2D eigenvalue weighted by atomic mass is 9.95. The predicted octanol–water partition coefficient (Wildman–Crippen LogP) is 3.02. The third-order valence-corrected chi connectivity index (χ3v) is 2.94. The number of hydrogen-bond acceptors (Lipinski definition) is 2. The molecule has 6 heteroatoms. The molecule has 2 N–H and O–H groups in total. The topological polar surface area (TPSA) is 35.2 Å². The van der Waals surface area contributed by atoms with Crippen molar-refractivity contribution in [2.24, 2.45) is 5.73 Å². The fourth-order valence-corrected chi connectivity index (χ4v) is 2.09. The van der Waals surface area contributed by atoms with Crippen LogP contribution in [-0.2, 0) is 10.9 Å². The van der Waals surface area contributed by atoms with Gasteiger partial charge in [0.15, 0.2) is 0 Å². The minimum Gasteiger partial charge on any atom is -0.372 e. The molecule has 0 aromatic heterocycles. The second kappa shape index (κ2) is 4.85. The molecule has 1 saturated heterocycles. The van der Waals surface area contributed by atoms with Crippen LogP contribution < -0.4 is 5.73 Å². The van der Waals surface area contributed by atoms with E-state index in [0.717, 1.165) is 18.6 Å². The van der Waals surface area contributed by atoms with Gasteiger partial charge in [0, 0.05) is 12.6 Å². The van der Waals surface area contributed by atoms with Crippen LogP contribution in [0.5, 0.6) is 0 Å². The number of hydrogen-bond donors (Lipinski definition) is 1. The number of rotatable bonds is 1. The SMILES string of the molecule is NC1CCCOC1c1cc(F)cc(C(F)(F)F)c1. The lowest BCUT2D eigenvalue weighted by molar-refractivity contribution is -0.138. The molecule has 1 aliphatic heterocycles. The molecule has 0 amide bonds. The van der Waals surface area contributed by atoms with Crippen molar-refractivity contribution < 1.29 is 22.3 Å². The third-order valence-electron chi connectivity index (χ3n) is 2.94. The molecule has 1 heterocycles. The van der Waals surface area contributed by atoms with Gasteiger partial charge in [-0.2, -0.15) is 13.2 Å². The lowest BCUT2D eigenvalue weighted by Gasteiger charge is -2.29. The maximum absolute atomic E-state index is 13.2. The molecule has 2 unspecified atom stereocenters. The molecule has 100 valence electrons. The van der Waals surface area contributed by atoms with Gasteiger partial charge in [-0.25, -0.2) is 4.39 Å². The fourth-order valence-electron chi connectivity index (χ4n) is 2.09. The number of nitrogens with two attached hydrogens (primary N) is 1. The van der Waals surface area contributed by atoms with Gasteiger partial charge in [-0.3, -0.25) is 0 Å². The van der Waals surface area contributed by atoms with Gasteiger partial charge in [0.25, 0.3) is 0 Å². The molecule has 1 aromatic rings. The Bertz CT molecular complexity index is 433. The number of halogens is 4. The quantitative estimate of drug-likeness (QED) is 0.790. The van der Waals surface area contributed by atoms with E-state index in [-0.39, 0.29) is 5.56 Å². The molecule has 2 rings (SSSR count). The molecule has 2 atom stereocenters. The van der Waals surface area contributed by atoms with Crippen LogP contribution in [0.15, 0.2) is 18.2 Å². The first kappa shape index (κ1) is 13.3. The van der Waals surface area contributed by atoms with Crippen molar-refractivity contribution in [1.82, 2.24) is 0 Å². The maximum atomic E-state index is 13.2. The second-order valence-corrected chi connectivity index (χ2v) is 4.37. The van der Waals surface area contributed by atoms with E-state index in [1.165, 1.54) is 0 Å². The first-order chi connectivity index (χ1) is 8.38. The minimum absolute atomic E-state index is 0.148. The van der Waals surface area contributed by atoms with Crippen molar-refractivity contribution in [3.05, 3.63) is 35.1 Å². The number of benzene rings is 1. The highest BCUT2D eigenvalue weighted by atomic mass is 19.4. The van der Waals surface area contributed by atoms with Gasteiger partial charge >= 0.3 is 6.18 Å². The van der Waals surface area contributed by atoms with Crippen LogP contribution in [0.25, 0.3) is 0 Å². The van der Waals surface area contributed by atoms with Crippen molar-refractivity contribution in [3.63, 3.8) is 0 Å². The zero-order valence-electron chi connectivity index (χ0n) is 9.51. The van der Waals surface area contributed by atoms with Gasteiger partial charge in [-0.15, -0.1) is 0 Å². The Hall–Kier alpha value is -1.14. The molecule has 1 aliphatic rings. The Morgan fingerprint density at radius 2 is 1.94 bits per heavy atom. The van der Waals surface area contributed by atoms with E-state index in [4.69, 9.17) is 10.5 Å². The van der Waals surface area contributed by atoms with E-state index in [0.29, 0.717) is 19.1 Å². The van der Waals surface area contributed by atoms with Gasteiger partial charge in [-0.05, 0) is 36.6 Å². The Morgan fingerprint density at radius 1 is 1.22 bits per heavy atom. The first-order valence-electron chi connectivity index (χ1n) is 5.63. The highest BCUT2D eigenvalue weighted by molar-refractivity contribution is 5.29. The summed E-state index contributed by atoms with van der Waals surface area (Å²) in [7, 11) is 0. The summed E-state index contributed by atoms with van der Waals surface area (Å²) in [5, 5.41) is 0. The zero-order valence-corrected chi connectivity index (χ0v) is 9.51. The number of alkyl halides is 3. The van der Waals surface area contributed by atoms with Gasteiger partial charge in [0.2, 0.25) is 0 Å². The summed E-state index contributed by atoms with van der Waals surface area (Å²) < 4.78 is 56.3. The van der Waals surface area contributed by atoms with E-state index < -0.39 is 29.7 Å². The summed E-state index contributed by atoms with van der Waals surface area (Å²) in [5.41, 5.74) is 4.92. The van der Waals surface area contributed by atoms with Crippen molar-refractivity contribution in [2.75, 3.05) is 6.61 Å². The van der Waals surface area contributed by atoms with Crippen molar-refractivity contribution >= 4 is 0 Å². The molecule has 0 radical (unpaired) electrons. The molecule has 0 saturated carbocycles. The Labute approximate surface area is 102 Å². The maximum Gasteiger partial charge on any atom is 0.416 e. The van der Waals surface area contributed by atoms with Crippen LogP contribution in [-0.4, -0.2) is 12.6 Å². The average molecular weight is 263 g/mol. The summed E-state index contributed by atoms with van der Waals surface area (Å²) >= 11 is 0. The molecule has 1 aromatic carbocycles. The van der Waals surface area contributed by atoms with E-state index in [1.807, 2.05) is 0 Å². The molecule has 0 aliphatic carbocycles. The molecule has 1 fully saturated rings. The normalized spacial score (nSPS) is 25.2. The summed E-state index contributed by atoms with van der Waals surface area (Å²) in [6.07, 6.45) is -3.83. The van der Waals surface area contributed by atoms with Crippen LogP contribution >= 0.6 is 0 Å². The summed E-state index contributed by atoms with van der Waals surface area (Å²) in [6.45, 7) is 0.427. The van der Waals surface area contributed by atoms with Crippen LogP contribution in [0.2, 0.25) is 0 Å². The Balaban J connectivity index is 2.35. The Morgan fingerprint density at radius 3 is 2.56 bits per heavy atom. The van der Waals surface area contributed by atoms with Crippen LogP contribution in [0.4, 0.5) is 17.6 Å². The van der Waals surface area contributed by atoms with Crippen LogP contribution in [0.1, 0.15) is 30.1 Å². The minimum atomic E-state index is -4.57. The molecular weight excluding hydrogens is 250 g/mol. The molecule has 18 heavy (non-hydrogen) atoms. The van der Waals surface area contributed by atoms with Gasteiger partial charge in [0.1, 0.15) is 5.82 Å². The van der Waals surface area contributed by atoms with Crippen molar-refractivity contribution in [1.29, 1.82) is 0 Å². The molecular formula is C12H13F4NO. The standard InChI is InChI=1S/C12H13F4NO/c13-9-5-7(4-8(6-9)12(14,15)16)11-10(17)2-1-3-18-11/h4-6,10-11H,1-3,17H2. The van der Waals surface area contributed by atoms with Crippen molar-refractivity contribution in [2.45, 2.75) is 31.2 Å². The summed E-state index contributed by atoms with van der Waals surface area (Å²) in [5.74, 6) is -0.929. The molecule has 2 nitrogen and oxygen atoms in total. The third kappa shape index (κ3) is 2.81. The summed E-state index contributed by atoms with van der Waals surface area (Å²) in [6, 6.07) is 2.02. The second-order valence-electron chi connectivity index (χ2n) is 4.37. The van der Waals surface area contributed by atoms with Gasteiger partial charge in [0.05, 0.1) is 11.7 Å². The first-order valence-corrected chi connectivity index (χ1v) is 5.63. The highest BCUT2D eigenvalue weighted by Gasteiger charge is 2.33. The smallest absolute Gasteiger partial charge is 0.372 e. The lowest BCUT2D eigenvalue weighted by Crippen LogP contribution is -2.34. The number of ether oxygens (including phenoxy) is 1. The van der Waals surface area contributed by atoms with E-state index in [1.54, 1.807) is 0 Å². The van der Waals surface area contributed by atoms with Crippen LogP contribution in [0.3, 0.4) is 0 Å². The zero-order chi connectivity index (χ0) is 13.3.